The summed E-state index contributed by atoms with van der Waals surface area (Å²) in [5.74, 6) is -0.212. The van der Waals surface area contributed by atoms with Gasteiger partial charge in [-0.2, -0.15) is 0 Å². The second kappa shape index (κ2) is 4.84. The van der Waals surface area contributed by atoms with Crippen LogP contribution in [0.2, 0.25) is 0 Å². The largest absolute Gasteiger partial charge is 0.384 e. The number of nitrogens with two attached hydrogens (primary N) is 2. The van der Waals surface area contributed by atoms with Gasteiger partial charge in [-0.1, -0.05) is 6.42 Å². The van der Waals surface area contributed by atoms with Gasteiger partial charge in [0.15, 0.2) is 5.79 Å². The maximum Gasteiger partial charge on any atom is 0.185 e. The number of aliphatic imine (C=N–C) groups is 1. The van der Waals surface area contributed by atoms with E-state index in [-0.39, 0.29) is 0 Å². The third kappa shape index (κ3) is 2.96. The molecule has 1 atom stereocenters. The fourth-order valence-electron chi connectivity index (χ4n) is 2.21. The molecule has 1 unspecified atom stereocenters. The summed E-state index contributed by atoms with van der Waals surface area (Å²) in [6.07, 6.45) is 8.26. The summed E-state index contributed by atoms with van der Waals surface area (Å²) >= 11 is 0. The summed E-state index contributed by atoms with van der Waals surface area (Å²) < 4.78 is 0. The summed E-state index contributed by atoms with van der Waals surface area (Å²) in [7, 11) is 0. The van der Waals surface area contributed by atoms with Crippen LogP contribution in [0.15, 0.2) is 17.3 Å². The molecule has 2 aliphatic heterocycles. The maximum absolute atomic E-state index is 6.11. The molecule has 5 nitrogen and oxygen atoms in total. The van der Waals surface area contributed by atoms with Gasteiger partial charge in [0, 0.05) is 19.2 Å². The van der Waals surface area contributed by atoms with E-state index in [0.29, 0.717) is 5.84 Å². The zero-order valence-electron chi connectivity index (χ0n) is 9.65. The lowest BCUT2D eigenvalue weighted by molar-refractivity contribution is 0.199. The molecular weight excluding hydrogens is 202 g/mol. The van der Waals surface area contributed by atoms with Crippen LogP contribution in [0, 0.1) is 0 Å². The second-order valence-corrected chi connectivity index (χ2v) is 4.59. The van der Waals surface area contributed by atoms with Crippen LogP contribution in [0.5, 0.6) is 0 Å². The van der Waals surface area contributed by atoms with Crippen molar-refractivity contribution in [1.82, 2.24) is 10.2 Å². The van der Waals surface area contributed by atoms with Crippen molar-refractivity contribution in [2.75, 3.05) is 19.6 Å². The van der Waals surface area contributed by atoms with Gasteiger partial charge in [0.05, 0.1) is 0 Å². The third-order valence-electron chi connectivity index (χ3n) is 3.17. The Morgan fingerprint density at radius 3 is 2.81 bits per heavy atom. The lowest BCUT2D eigenvalue weighted by Gasteiger charge is -2.32. The minimum Gasteiger partial charge on any atom is -0.384 e. The quantitative estimate of drug-likeness (QED) is 0.626. The number of amidine groups is 1. The van der Waals surface area contributed by atoms with E-state index < -0.39 is 5.79 Å². The zero-order chi connectivity index (χ0) is 11.4. The molecule has 0 saturated carbocycles. The average molecular weight is 223 g/mol. The molecule has 0 aliphatic carbocycles. The first-order chi connectivity index (χ1) is 7.68. The molecule has 1 saturated heterocycles. The molecular formula is C11H21N5. The Kier molecular flexibility index (Phi) is 3.46. The normalized spacial score (nSPS) is 30.9. The number of hydrogen-bond acceptors (Lipinski definition) is 5. The lowest BCUT2D eigenvalue weighted by Crippen LogP contribution is -2.54. The summed E-state index contributed by atoms with van der Waals surface area (Å²) in [6, 6.07) is 0. The smallest absolute Gasteiger partial charge is 0.185 e. The zero-order valence-corrected chi connectivity index (χ0v) is 9.65. The van der Waals surface area contributed by atoms with Crippen LogP contribution in [0.4, 0.5) is 0 Å². The minimum absolute atomic E-state index is 0.500. The van der Waals surface area contributed by atoms with Crippen LogP contribution in [-0.4, -0.2) is 36.2 Å². The molecule has 16 heavy (non-hydrogen) atoms. The third-order valence-corrected chi connectivity index (χ3v) is 3.17. The van der Waals surface area contributed by atoms with E-state index >= 15 is 0 Å². The van der Waals surface area contributed by atoms with E-state index in [4.69, 9.17) is 11.5 Å². The first kappa shape index (κ1) is 11.4. The highest BCUT2D eigenvalue weighted by molar-refractivity contribution is 5.92. The van der Waals surface area contributed by atoms with Gasteiger partial charge in [0.2, 0.25) is 0 Å². The molecule has 5 N–H and O–H groups in total. The van der Waals surface area contributed by atoms with Crippen molar-refractivity contribution in [2.45, 2.75) is 31.5 Å². The molecule has 90 valence electrons. The van der Waals surface area contributed by atoms with E-state index in [1.165, 1.54) is 32.4 Å². The van der Waals surface area contributed by atoms with Gasteiger partial charge in [0.1, 0.15) is 5.84 Å². The predicted octanol–water partition coefficient (Wildman–Crippen LogP) is -0.0510. The number of piperidine rings is 1. The number of likely N-dealkylation sites (tertiary alicyclic amines) is 1. The lowest BCUT2D eigenvalue weighted by atomic mass is 10.1. The Hall–Kier alpha value is -1.07. The predicted molar refractivity (Wildman–Crippen MR) is 65.7 cm³/mol. The molecule has 0 radical (unpaired) electrons. The van der Waals surface area contributed by atoms with Crippen molar-refractivity contribution in [1.29, 1.82) is 0 Å². The molecule has 2 aliphatic rings. The first-order valence-electron chi connectivity index (χ1n) is 5.99. The monoisotopic (exact) mass is 223 g/mol. The molecule has 0 amide bonds. The molecule has 0 aromatic carbocycles. The Bertz CT molecular complexity index is 293. The van der Waals surface area contributed by atoms with Gasteiger partial charge in [-0.05, 0) is 32.0 Å². The Balaban J connectivity index is 1.82. The van der Waals surface area contributed by atoms with Crippen LogP contribution in [0.3, 0.4) is 0 Å². The number of hydrogen-bond donors (Lipinski definition) is 3. The van der Waals surface area contributed by atoms with Crippen molar-refractivity contribution >= 4 is 5.84 Å². The number of nitrogens with zero attached hydrogens (tertiary/aromatic N) is 2. The number of rotatable bonds is 3. The molecule has 0 spiro atoms. The van der Waals surface area contributed by atoms with Crippen LogP contribution < -0.4 is 16.8 Å². The SMILES string of the molecule is NC1=NC(N)(CCN2CCCCC2)NC=C1. The highest BCUT2D eigenvalue weighted by Gasteiger charge is 2.25. The number of nitrogens with one attached hydrogen (secondary N) is 1. The van der Waals surface area contributed by atoms with E-state index in [9.17, 15) is 0 Å². The van der Waals surface area contributed by atoms with E-state index in [2.05, 4.69) is 15.2 Å². The molecule has 0 aromatic heterocycles. The van der Waals surface area contributed by atoms with Crippen molar-refractivity contribution in [3.05, 3.63) is 12.3 Å². The molecule has 1 fully saturated rings. The summed E-state index contributed by atoms with van der Waals surface area (Å²) in [5, 5.41) is 3.07. The second-order valence-electron chi connectivity index (χ2n) is 4.59. The first-order valence-corrected chi connectivity index (χ1v) is 5.99. The molecule has 0 bridgehead atoms. The fraction of sp³-hybridized carbons (Fsp3) is 0.727. The van der Waals surface area contributed by atoms with Crippen molar-refractivity contribution in [3.8, 4) is 0 Å². The Labute approximate surface area is 96.6 Å². The maximum atomic E-state index is 6.11. The van der Waals surface area contributed by atoms with E-state index in [1.54, 1.807) is 12.3 Å². The molecule has 2 rings (SSSR count). The van der Waals surface area contributed by atoms with Crippen LogP contribution in [0.25, 0.3) is 0 Å². The average Bonchev–Trinajstić information content (AvgIpc) is 2.28. The van der Waals surface area contributed by atoms with Gasteiger partial charge in [0.25, 0.3) is 0 Å². The molecule has 0 aromatic rings. The van der Waals surface area contributed by atoms with Crippen molar-refractivity contribution in [3.63, 3.8) is 0 Å². The fourth-order valence-corrected chi connectivity index (χ4v) is 2.21. The summed E-state index contributed by atoms with van der Waals surface area (Å²) in [6.45, 7) is 3.35. The molecule has 2 heterocycles. The molecule has 5 heteroatoms. The topological polar surface area (TPSA) is 79.7 Å². The van der Waals surface area contributed by atoms with Crippen LogP contribution in [-0.2, 0) is 0 Å². The summed E-state index contributed by atoms with van der Waals surface area (Å²) in [4.78, 5) is 6.69. The van der Waals surface area contributed by atoms with Crippen LogP contribution >= 0.6 is 0 Å². The van der Waals surface area contributed by atoms with Crippen LogP contribution in [0.1, 0.15) is 25.7 Å². The van der Waals surface area contributed by atoms with Gasteiger partial charge < -0.3 is 16.0 Å². The standard InChI is InChI=1S/C11H21N5/c12-10-4-6-14-11(13,15-10)5-9-16-7-2-1-3-8-16/h4,6,14H,1-3,5,7-9,13H2,(H2,12,15). The van der Waals surface area contributed by atoms with Gasteiger partial charge in [-0.15, -0.1) is 0 Å². The highest BCUT2D eigenvalue weighted by atomic mass is 15.3. The van der Waals surface area contributed by atoms with Gasteiger partial charge in [-0.25, -0.2) is 4.99 Å². The van der Waals surface area contributed by atoms with Gasteiger partial charge >= 0.3 is 0 Å². The minimum atomic E-state index is -0.712. The highest BCUT2D eigenvalue weighted by Crippen LogP contribution is 2.13. The Morgan fingerprint density at radius 1 is 1.38 bits per heavy atom. The summed E-state index contributed by atoms with van der Waals surface area (Å²) in [5.41, 5.74) is 11.8. The Morgan fingerprint density at radius 2 is 2.12 bits per heavy atom. The van der Waals surface area contributed by atoms with Crippen molar-refractivity contribution in [2.24, 2.45) is 16.5 Å². The van der Waals surface area contributed by atoms with Gasteiger partial charge in [-0.3, -0.25) is 5.73 Å². The van der Waals surface area contributed by atoms with E-state index in [0.717, 1.165) is 13.0 Å². The van der Waals surface area contributed by atoms with Crippen molar-refractivity contribution < 1.29 is 0 Å². The van der Waals surface area contributed by atoms with E-state index in [1.807, 2.05) is 0 Å².